The molecule has 0 saturated carbocycles. The van der Waals surface area contributed by atoms with Crippen LogP contribution in [0, 0.1) is 0 Å². The molecule has 0 saturated heterocycles. The summed E-state index contributed by atoms with van der Waals surface area (Å²) in [7, 11) is 1.58. The lowest BCUT2D eigenvalue weighted by molar-refractivity contribution is -0.119. The van der Waals surface area contributed by atoms with E-state index in [0.717, 1.165) is 11.3 Å². The van der Waals surface area contributed by atoms with E-state index in [1.807, 2.05) is 18.2 Å². The van der Waals surface area contributed by atoms with Crippen molar-refractivity contribution in [1.29, 1.82) is 0 Å². The minimum atomic E-state index is -0.192. The Morgan fingerprint density at radius 1 is 1.50 bits per heavy atom. The van der Waals surface area contributed by atoms with E-state index in [-0.39, 0.29) is 18.1 Å². The second kappa shape index (κ2) is 7.01. The second-order valence-corrected chi connectivity index (χ2v) is 3.58. The number of ether oxygens (including phenoxy) is 1. The predicted molar refractivity (Wildman–Crippen MR) is 70.4 cm³/mol. The molecule has 1 aromatic rings. The number of hydrogen-bond acceptors (Lipinski definition) is 4. The molecule has 0 atom stereocenters. The van der Waals surface area contributed by atoms with E-state index >= 15 is 0 Å². The lowest BCUT2D eigenvalue weighted by Crippen LogP contribution is -2.28. The molecule has 1 rings (SSSR count). The molecule has 0 aliphatic carbocycles. The summed E-state index contributed by atoms with van der Waals surface area (Å²) in [5, 5.41) is 2.55. The van der Waals surface area contributed by atoms with E-state index in [4.69, 9.17) is 16.2 Å². The SMILES string of the molecule is COc1cccc(CC(=O)N/C(N)=C/C=C\N)c1. The second-order valence-electron chi connectivity index (χ2n) is 3.58. The highest BCUT2D eigenvalue weighted by atomic mass is 16.5. The van der Waals surface area contributed by atoms with Gasteiger partial charge >= 0.3 is 0 Å². The van der Waals surface area contributed by atoms with Crippen LogP contribution in [0.4, 0.5) is 0 Å². The van der Waals surface area contributed by atoms with Crippen LogP contribution in [0.25, 0.3) is 0 Å². The maximum absolute atomic E-state index is 11.7. The van der Waals surface area contributed by atoms with E-state index in [1.165, 1.54) is 12.3 Å². The zero-order valence-electron chi connectivity index (χ0n) is 10.2. The van der Waals surface area contributed by atoms with E-state index in [0.29, 0.717) is 0 Å². The summed E-state index contributed by atoms with van der Waals surface area (Å²) in [4.78, 5) is 11.7. The van der Waals surface area contributed by atoms with Crippen LogP contribution < -0.4 is 21.5 Å². The Balaban J connectivity index is 2.59. The maximum Gasteiger partial charge on any atom is 0.229 e. The largest absolute Gasteiger partial charge is 0.497 e. The Hall–Kier alpha value is -2.43. The normalized spacial score (nSPS) is 11.5. The van der Waals surface area contributed by atoms with Gasteiger partial charge in [-0.15, -0.1) is 0 Å². The van der Waals surface area contributed by atoms with Gasteiger partial charge in [-0.2, -0.15) is 0 Å². The van der Waals surface area contributed by atoms with Crippen LogP contribution in [0.5, 0.6) is 5.75 Å². The molecule has 0 fully saturated rings. The van der Waals surface area contributed by atoms with Crippen LogP contribution in [-0.2, 0) is 11.2 Å². The summed E-state index contributed by atoms with van der Waals surface area (Å²) < 4.78 is 5.08. The summed E-state index contributed by atoms with van der Waals surface area (Å²) in [5.41, 5.74) is 11.6. The average molecular weight is 247 g/mol. The zero-order chi connectivity index (χ0) is 13.4. The van der Waals surface area contributed by atoms with Gasteiger partial charge in [0.25, 0.3) is 0 Å². The molecule has 18 heavy (non-hydrogen) atoms. The minimum Gasteiger partial charge on any atom is -0.497 e. The molecule has 0 aliphatic heterocycles. The Kier molecular flexibility index (Phi) is 5.31. The first-order chi connectivity index (χ1) is 8.65. The number of methoxy groups -OCH3 is 1. The van der Waals surface area contributed by atoms with E-state index < -0.39 is 0 Å². The predicted octanol–water partition coefficient (Wildman–Crippen LogP) is 0.626. The van der Waals surface area contributed by atoms with Crippen LogP contribution in [-0.4, -0.2) is 13.0 Å². The summed E-state index contributed by atoms with van der Waals surface area (Å²) >= 11 is 0. The van der Waals surface area contributed by atoms with Crippen LogP contribution in [0.1, 0.15) is 5.56 Å². The van der Waals surface area contributed by atoms with Crippen molar-refractivity contribution in [3.05, 3.63) is 54.0 Å². The highest BCUT2D eigenvalue weighted by molar-refractivity contribution is 5.80. The first kappa shape index (κ1) is 13.6. The van der Waals surface area contributed by atoms with Crippen molar-refractivity contribution in [3.8, 4) is 5.75 Å². The number of hydrogen-bond donors (Lipinski definition) is 3. The summed E-state index contributed by atoms with van der Waals surface area (Å²) in [6.07, 6.45) is 4.63. The number of nitrogens with two attached hydrogens (primary N) is 2. The van der Waals surface area contributed by atoms with Gasteiger partial charge in [0.15, 0.2) is 0 Å². The molecule has 96 valence electrons. The maximum atomic E-state index is 11.7. The summed E-state index contributed by atoms with van der Waals surface area (Å²) in [6.45, 7) is 0. The summed E-state index contributed by atoms with van der Waals surface area (Å²) in [5.74, 6) is 0.780. The fraction of sp³-hybridized carbons (Fsp3) is 0.154. The molecular weight excluding hydrogens is 230 g/mol. The molecule has 0 radical (unpaired) electrons. The smallest absolute Gasteiger partial charge is 0.229 e. The van der Waals surface area contributed by atoms with Crippen molar-refractivity contribution < 1.29 is 9.53 Å². The number of rotatable bonds is 5. The Bertz CT molecular complexity index is 467. The van der Waals surface area contributed by atoms with E-state index in [1.54, 1.807) is 19.3 Å². The van der Waals surface area contributed by atoms with Crippen molar-refractivity contribution in [2.24, 2.45) is 11.5 Å². The lowest BCUT2D eigenvalue weighted by Gasteiger charge is -2.06. The van der Waals surface area contributed by atoms with Crippen LogP contribution in [0.3, 0.4) is 0 Å². The Labute approximate surface area is 106 Å². The molecule has 0 aromatic heterocycles. The highest BCUT2D eigenvalue weighted by Crippen LogP contribution is 2.12. The third-order valence-electron chi connectivity index (χ3n) is 2.17. The number of allylic oxidation sites excluding steroid dienone is 2. The minimum absolute atomic E-state index is 0.192. The molecule has 5 heteroatoms. The molecule has 5 N–H and O–H groups in total. The van der Waals surface area contributed by atoms with Crippen molar-refractivity contribution >= 4 is 5.91 Å². The molecular formula is C13H17N3O2. The number of benzene rings is 1. The van der Waals surface area contributed by atoms with E-state index in [9.17, 15) is 4.79 Å². The van der Waals surface area contributed by atoms with Crippen LogP contribution in [0.2, 0.25) is 0 Å². The Morgan fingerprint density at radius 3 is 2.94 bits per heavy atom. The van der Waals surface area contributed by atoms with Crippen molar-refractivity contribution in [1.82, 2.24) is 5.32 Å². The molecule has 0 spiro atoms. The molecule has 0 aliphatic rings. The highest BCUT2D eigenvalue weighted by Gasteiger charge is 2.04. The van der Waals surface area contributed by atoms with Gasteiger partial charge in [0, 0.05) is 0 Å². The van der Waals surface area contributed by atoms with Crippen molar-refractivity contribution in [2.45, 2.75) is 6.42 Å². The third kappa shape index (κ3) is 4.61. The standard InChI is InChI=1S/C13H17N3O2/c1-18-11-5-2-4-10(8-11)9-13(17)16-12(15)6-3-7-14/h2-8H,9,14-15H2,1H3,(H,16,17)/b7-3-,12-6+. The molecule has 1 aromatic carbocycles. The van der Waals surface area contributed by atoms with Crippen LogP contribution in [0.15, 0.2) is 48.4 Å². The van der Waals surface area contributed by atoms with Crippen LogP contribution >= 0.6 is 0 Å². The third-order valence-corrected chi connectivity index (χ3v) is 2.17. The Morgan fingerprint density at radius 2 is 2.28 bits per heavy atom. The number of nitrogens with one attached hydrogen (secondary N) is 1. The fourth-order valence-corrected chi connectivity index (χ4v) is 1.37. The molecule has 0 unspecified atom stereocenters. The van der Waals surface area contributed by atoms with Gasteiger partial charge in [0.1, 0.15) is 11.6 Å². The van der Waals surface area contributed by atoms with Gasteiger partial charge in [-0.3, -0.25) is 4.79 Å². The first-order valence-corrected chi connectivity index (χ1v) is 5.42. The quantitative estimate of drug-likeness (QED) is 0.665. The van der Waals surface area contributed by atoms with Gasteiger partial charge in [0.05, 0.1) is 13.5 Å². The molecule has 1 amide bonds. The number of carbonyl (C=O) groups excluding carboxylic acids is 1. The number of carbonyl (C=O) groups is 1. The topological polar surface area (TPSA) is 90.4 Å². The molecule has 5 nitrogen and oxygen atoms in total. The van der Waals surface area contributed by atoms with Crippen molar-refractivity contribution in [2.75, 3.05) is 7.11 Å². The number of amides is 1. The monoisotopic (exact) mass is 247 g/mol. The molecule has 0 bridgehead atoms. The van der Waals surface area contributed by atoms with Gasteiger partial charge in [-0.25, -0.2) is 0 Å². The lowest BCUT2D eigenvalue weighted by atomic mass is 10.1. The van der Waals surface area contributed by atoms with E-state index in [2.05, 4.69) is 5.32 Å². The van der Waals surface area contributed by atoms with Gasteiger partial charge in [0.2, 0.25) is 5.91 Å². The van der Waals surface area contributed by atoms with Gasteiger partial charge < -0.3 is 21.5 Å². The molecule has 0 heterocycles. The van der Waals surface area contributed by atoms with Gasteiger partial charge in [-0.05, 0) is 36.0 Å². The zero-order valence-corrected chi connectivity index (χ0v) is 10.2. The summed E-state index contributed by atoms with van der Waals surface area (Å²) in [6, 6.07) is 7.31. The fourth-order valence-electron chi connectivity index (χ4n) is 1.37. The van der Waals surface area contributed by atoms with Crippen molar-refractivity contribution in [3.63, 3.8) is 0 Å². The van der Waals surface area contributed by atoms with Gasteiger partial charge in [-0.1, -0.05) is 12.1 Å². The first-order valence-electron chi connectivity index (χ1n) is 5.42. The average Bonchev–Trinajstić information content (AvgIpc) is 2.36.